The molecule has 0 N–H and O–H groups in total. The Morgan fingerprint density at radius 1 is 1.00 bits per heavy atom. The van der Waals surface area contributed by atoms with E-state index in [1.54, 1.807) is 12.1 Å². The normalized spacial score (nSPS) is 12.5. The summed E-state index contributed by atoms with van der Waals surface area (Å²) in [6, 6.07) is 9.61. The van der Waals surface area contributed by atoms with Gasteiger partial charge >= 0.3 is 0 Å². The second kappa shape index (κ2) is 9.47. The van der Waals surface area contributed by atoms with Gasteiger partial charge in [-0.05, 0) is 58.2 Å². The maximum Gasteiger partial charge on any atom is 0.244 e. The first-order chi connectivity index (χ1) is 13.1. The number of nitrogens with zero attached hydrogens (tertiary/aromatic N) is 1. The summed E-state index contributed by atoms with van der Waals surface area (Å²) in [6.45, 7) is 2.37. The van der Waals surface area contributed by atoms with Crippen LogP contribution in [-0.4, -0.2) is 33.9 Å². The van der Waals surface area contributed by atoms with E-state index in [0.29, 0.717) is 16.5 Å². The van der Waals surface area contributed by atoms with Gasteiger partial charge in [0.1, 0.15) is 5.82 Å². The number of hydrogen-bond acceptors (Lipinski definition) is 4. The third-order valence-corrected chi connectivity index (χ3v) is 8.18. The predicted molar refractivity (Wildman–Crippen MR) is 111 cm³/mol. The van der Waals surface area contributed by atoms with Gasteiger partial charge in [-0.3, -0.25) is 0 Å². The molecular formula is C19H23BrFNO4S2. The zero-order valence-electron chi connectivity index (χ0n) is 15.7. The predicted octanol–water partition coefficient (Wildman–Crippen LogP) is 4.37. The van der Waals surface area contributed by atoms with Crippen LogP contribution in [0, 0.1) is 5.82 Å². The van der Waals surface area contributed by atoms with Crippen molar-refractivity contribution in [2.75, 3.05) is 12.8 Å². The lowest BCUT2D eigenvalue weighted by molar-refractivity contribution is 0.394. The first-order valence-electron chi connectivity index (χ1n) is 8.80. The average molecular weight is 492 g/mol. The molecule has 0 aliphatic heterocycles. The van der Waals surface area contributed by atoms with E-state index < -0.39 is 25.7 Å². The molecule has 2 rings (SSSR count). The van der Waals surface area contributed by atoms with Crippen LogP contribution in [0.1, 0.15) is 31.7 Å². The minimum absolute atomic E-state index is 0.0652. The van der Waals surface area contributed by atoms with Crippen molar-refractivity contribution in [1.82, 2.24) is 4.31 Å². The summed E-state index contributed by atoms with van der Waals surface area (Å²) in [4.78, 5) is -0.168. The Morgan fingerprint density at radius 3 is 2.21 bits per heavy atom. The molecule has 0 amide bonds. The summed E-state index contributed by atoms with van der Waals surface area (Å²) in [5.74, 6) is -0.396. The number of unbranched alkanes of at least 4 members (excludes halogenated alkanes) is 2. The Hall–Kier alpha value is -1.29. The summed E-state index contributed by atoms with van der Waals surface area (Å²) in [6.07, 6.45) is 3.49. The smallest absolute Gasteiger partial charge is 0.224 e. The lowest BCUT2D eigenvalue weighted by Crippen LogP contribution is -2.32. The quantitative estimate of drug-likeness (QED) is 0.488. The number of benzene rings is 2. The van der Waals surface area contributed by atoms with Crippen molar-refractivity contribution in [1.29, 1.82) is 0 Å². The molecule has 0 aliphatic carbocycles. The molecule has 0 radical (unpaired) electrons. The minimum atomic E-state index is -3.98. The maximum absolute atomic E-state index is 13.3. The van der Waals surface area contributed by atoms with Gasteiger partial charge in [-0.25, -0.2) is 21.2 Å². The first kappa shape index (κ1) is 23.0. The van der Waals surface area contributed by atoms with Crippen LogP contribution in [0.25, 0.3) is 0 Å². The van der Waals surface area contributed by atoms with Crippen molar-refractivity contribution in [2.45, 2.75) is 42.5 Å². The van der Waals surface area contributed by atoms with E-state index in [-0.39, 0.29) is 22.9 Å². The zero-order valence-corrected chi connectivity index (χ0v) is 18.9. The van der Waals surface area contributed by atoms with Gasteiger partial charge in [-0.15, -0.1) is 0 Å². The molecule has 0 fully saturated rings. The lowest BCUT2D eigenvalue weighted by atomic mass is 10.2. The third kappa shape index (κ3) is 5.85. The fourth-order valence-electron chi connectivity index (χ4n) is 2.67. The largest absolute Gasteiger partial charge is 0.244 e. The van der Waals surface area contributed by atoms with Gasteiger partial charge in [0.05, 0.1) is 9.79 Å². The van der Waals surface area contributed by atoms with Crippen molar-refractivity contribution < 1.29 is 21.2 Å². The van der Waals surface area contributed by atoms with E-state index in [9.17, 15) is 21.2 Å². The van der Waals surface area contributed by atoms with Gasteiger partial charge in [-0.2, -0.15) is 4.31 Å². The Kier molecular flexibility index (Phi) is 7.78. The molecule has 0 saturated carbocycles. The van der Waals surface area contributed by atoms with Crippen LogP contribution in [0.4, 0.5) is 4.39 Å². The van der Waals surface area contributed by atoms with Gasteiger partial charge in [0.2, 0.25) is 10.0 Å². The van der Waals surface area contributed by atoms with Gasteiger partial charge in [0.25, 0.3) is 0 Å². The monoisotopic (exact) mass is 491 g/mol. The summed E-state index contributed by atoms with van der Waals surface area (Å²) < 4.78 is 65.2. The van der Waals surface area contributed by atoms with E-state index in [1.807, 2.05) is 6.92 Å². The van der Waals surface area contributed by atoms with Gasteiger partial charge in [0.15, 0.2) is 9.84 Å². The molecule has 2 aromatic rings. The van der Waals surface area contributed by atoms with Crippen LogP contribution >= 0.6 is 15.9 Å². The van der Waals surface area contributed by atoms with E-state index in [2.05, 4.69) is 15.9 Å². The molecule has 0 spiro atoms. The van der Waals surface area contributed by atoms with Crippen molar-refractivity contribution in [3.63, 3.8) is 0 Å². The number of sulfonamides is 1. The molecule has 0 bridgehead atoms. The fourth-order valence-corrected chi connectivity index (χ4v) is 5.81. The first-order valence-corrected chi connectivity index (χ1v) is 12.9. The highest BCUT2D eigenvalue weighted by Crippen LogP contribution is 2.29. The molecule has 9 heteroatoms. The third-order valence-electron chi connectivity index (χ3n) is 4.23. The second-order valence-electron chi connectivity index (χ2n) is 6.54. The number of halogens is 2. The second-order valence-corrected chi connectivity index (χ2v) is 11.3. The molecule has 0 atom stereocenters. The Morgan fingerprint density at radius 2 is 1.64 bits per heavy atom. The van der Waals surface area contributed by atoms with E-state index in [1.165, 1.54) is 34.6 Å². The van der Waals surface area contributed by atoms with Crippen LogP contribution < -0.4 is 0 Å². The van der Waals surface area contributed by atoms with E-state index >= 15 is 0 Å². The maximum atomic E-state index is 13.3. The average Bonchev–Trinajstić information content (AvgIpc) is 2.62. The summed E-state index contributed by atoms with van der Waals surface area (Å²) >= 11 is 3.23. The Balaban J connectivity index is 2.46. The Labute approximate surface area is 174 Å². The summed E-state index contributed by atoms with van der Waals surface area (Å²) in [5, 5.41) is 0. The standard InChI is InChI=1S/C19H23BrFNO4S2/c1-3-4-5-12-22(14-15-6-8-16(21)9-7-15)28(25,26)19-13-17(27(2,23)24)10-11-18(19)20/h6-11,13H,3-5,12,14H2,1-2H3. The SMILES string of the molecule is CCCCCN(Cc1ccc(F)cc1)S(=O)(=O)c1cc(S(C)(=O)=O)ccc1Br. The molecule has 2 aromatic carbocycles. The van der Waals surface area contributed by atoms with Crippen molar-refractivity contribution >= 4 is 35.8 Å². The molecule has 0 aromatic heterocycles. The molecular weight excluding hydrogens is 469 g/mol. The highest BCUT2D eigenvalue weighted by atomic mass is 79.9. The highest BCUT2D eigenvalue weighted by Gasteiger charge is 2.28. The van der Waals surface area contributed by atoms with E-state index in [4.69, 9.17) is 0 Å². The number of sulfone groups is 1. The van der Waals surface area contributed by atoms with Crippen LogP contribution in [0.3, 0.4) is 0 Å². The van der Waals surface area contributed by atoms with Gasteiger partial charge in [0, 0.05) is 23.8 Å². The fraction of sp³-hybridized carbons (Fsp3) is 0.368. The van der Waals surface area contributed by atoms with Crippen molar-refractivity contribution in [2.24, 2.45) is 0 Å². The Bertz CT molecular complexity index is 1020. The molecule has 0 saturated heterocycles. The van der Waals surface area contributed by atoms with Gasteiger partial charge < -0.3 is 0 Å². The van der Waals surface area contributed by atoms with E-state index in [0.717, 1.165) is 19.1 Å². The topological polar surface area (TPSA) is 71.5 Å². The summed E-state index contributed by atoms with van der Waals surface area (Å²) in [5.41, 5.74) is 0.650. The molecule has 5 nitrogen and oxygen atoms in total. The zero-order chi connectivity index (χ0) is 20.9. The summed E-state index contributed by atoms with van der Waals surface area (Å²) in [7, 11) is -7.53. The van der Waals surface area contributed by atoms with Crippen molar-refractivity contribution in [3.8, 4) is 0 Å². The highest BCUT2D eigenvalue weighted by molar-refractivity contribution is 9.10. The van der Waals surface area contributed by atoms with Gasteiger partial charge in [-0.1, -0.05) is 31.9 Å². The molecule has 0 heterocycles. The molecule has 28 heavy (non-hydrogen) atoms. The number of rotatable bonds is 9. The lowest BCUT2D eigenvalue weighted by Gasteiger charge is -2.23. The molecule has 0 aliphatic rings. The molecule has 154 valence electrons. The number of hydrogen-bond donors (Lipinski definition) is 0. The van der Waals surface area contributed by atoms with Crippen molar-refractivity contribution in [3.05, 3.63) is 58.3 Å². The van der Waals surface area contributed by atoms with Crippen LogP contribution in [0.2, 0.25) is 0 Å². The van der Waals surface area contributed by atoms with Crippen LogP contribution in [-0.2, 0) is 26.4 Å². The molecule has 0 unspecified atom stereocenters. The van der Waals surface area contributed by atoms with Crippen LogP contribution in [0.15, 0.2) is 56.7 Å². The van der Waals surface area contributed by atoms with Crippen LogP contribution in [0.5, 0.6) is 0 Å². The minimum Gasteiger partial charge on any atom is -0.224 e.